The molecular formula is C8H10N8O2S. The van der Waals surface area contributed by atoms with Gasteiger partial charge in [0.05, 0.1) is 12.4 Å². The molecule has 0 aromatic carbocycles. The van der Waals surface area contributed by atoms with Gasteiger partial charge in [-0.1, -0.05) is 0 Å². The maximum Gasteiger partial charge on any atom is 0.254 e. The van der Waals surface area contributed by atoms with Crippen LogP contribution < -0.4 is 17.2 Å². The number of sulfone groups is 1. The molecule has 0 saturated carbocycles. The van der Waals surface area contributed by atoms with Gasteiger partial charge in [0.25, 0.3) is 5.95 Å². The summed E-state index contributed by atoms with van der Waals surface area (Å²) in [7, 11) is -3.85. The van der Waals surface area contributed by atoms with Crippen molar-refractivity contribution in [2.75, 3.05) is 5.73 Å². The zero-order chi connectivity index (χ0) is 14.0. The van der Waals surface area contributed by atoms with Crippen LogP contribution in [0.5, 0.6) is 0 Å². The van der Waals surface area contributed by atoms with Crippen molar-refractivity contribution in [1.82, 2.24) is 20.2 Å². The van der Waals surface area contributed by atoms with Crippen LogP contribution in [0.15, 0.2) is 33.4 Å². The second-order valence-electron chi connectivity index (χ2n) is 3.38. The Balaban J connectivity index is 2.51. The molecule has 0 saturated heterocycles. The summed E-state index contributed by atoms with van der Waals surface area (Å²) in [6.07, 6.45) is 2.33. The van der Waals surface area contributed by atoms with Gasteiger partial charge in [-0.05, 0) is 6.07 Å². The minimum absolute atomic E-state index is 0.114. The molecule has 2 rings (SSSR count). The van der Waals surface area contributed by atoms with Crippen LogP contribution in [0.4, 0.5) is 11.8 Å². The van der Waals surface area contributed by atoms with Crippen LogP contribution in [-0.4, -0.2) is 34.5 Å². The van der Waals surface area contributed by atoms with Gasteiger partial charge in [-0.15, -0.1) is 0 Å². The van der Waals surface area contributed by atoms with Crippen LogP contribution in [-0.2, 0) is 9.84 Å². The van der Waals surface area contributed by atoms with E-state index in [0.29, 0.717) is 0 Å². The summed E-state index contributed by atoms with van der Waals surface area (Å²) >= 11 is 0. The summed E-state index contributed by atoms with van der Waals surface area (Å²) < 4.78 is 24.3. The maximum atomic E-state index is 12.1. The number of aromatic nitrogens is 4. The highest BCUT2D eigenvalue weighted by atomic mass is 32.2. The Bertz CT molecular complexity index is 717. The van der Waals surface area contributed by atoms with Crippen LogP contribution in [0.1, 0.15) is 0 Å². The van der Waals surface area contributed by atoms with Gasteiger partial charge in [-0.2, -0.15) is 15.1 Å². The highest BCUT2D eigenvalue weighted by molar-refractivity contribution is 7.91. The Morgan fingerprint density at radius 2 is 2.11 bits per heavy atom. The predicted molar refractivity (Wildman–Crippen MR) is 66.0 cm³/mol. The largest absolute Gasteiger partial charge is 0.382 e. The van der Waals surface area contributed by atoms with E-state index in [4.69, 9.17) is 17.2 Å². The normalized spacial score (nSPS) is 11.2. The van der Waals surface area contributed by atoms with Crippen molar-refractivity contribution in [2.24, 2.45) is 16.5 Å². The van der Waals surface area contributed by atoms with E-state index >= 15 is 0 Å². The topological polar surface area (TPSA) is 179 Å². The zero-order valence-corrected chi connectivity index (χ0v) is 10.3. The van der Waals surface area contributed by atoms with E-state index in [9.17, 15) is 8.42 Å². The van der Waals surface area contributed by atoms with Crippen LogP contribution in [0.25, 0.3) is 0 Å². The van der Waals surface area contributed by atoms with Crippen LogP contribution in [0.3, 0.4) is 0 Å². The number of nitrogens with zero attached hydrogens (tertiary/aromatic N) is 4. The molecule has 0 bridgehead atoms. The highest BCUT2D eigenvalue weighted by Gasteiger charge is 2.23. The quantitative estimate of drug-likeness (QED) is 0.388. The number of nitrogens with two attached hydrogens (primary N) is 3. The fourth-order valence-electron chi connectivity index (χ4n) is 1.26. The van der Waals surface area contributed by atoms with E-state index < -0.39 is 9.84 Å². The molecule has 0 amide bonds. The first-order valence-electron chi connectivity index (χ1n) is 4.88. The molecule has 0 fully saturated rings. The Morgan fingerprint density at radius 3 is 2.63 bits per heavy atom. The molecule has 0 aliphatic rings. The van der Waals surface area contributed by atoms with E-state index in [1.165, 1.54) is 12.3 Å². The lowest BCUT2D eigenvalue weighted by molar-refractivity contribution is 0.591. The first-order valence-corrected chi connectivity index (χ1v) is 6.36. The van der Waals surface area contributed by atoms with Crippen molar-refractivity contribution in [3.05, 3.63) is 18.5 Å². The van der Waals surface area contributed by atoms with E-state index in [2.05, 4.69) is 25.2 Å². The number of hydrogen-bond acceptors (Lipinski definition) is 7. The Labute approximate surface area is 107 Å². The number of anilines is 1. The molecule has 10 nitrogen and oxygen atoms in total. The lowest BCUT2D eigenvalue weighted by Crippen LogP contribution is -2.22. The maximum absolute atomic E-state index is 12.1. The van der Waals surface area contributed by atoms with Crippen molar-refractivity contribution < 1.29 is 8.42 Å². The van der Waals surface area contributed by atoms with Crippen molar-refractivity contribution >= 4 is 27.6 Å². The van der Waals surface area contributed by atoms with Crippen LogP contribution in [0.2, 0.25) is 0 Å². The van der Waals surface area contributed by atoms with Crippen LogP contribution >= 0.6 is 0 Å². The van der Waals surface area contributed by atoms with E-state index in [-0.39, 0.29) is 27.6 Å². The standard InChI is InChI=1S/C8H10N8O2S/c9-6-4(3-12-8(14-6)15-7(10)11)19(17,18)5-1-2-13-16-5/h1-3H,(H,13,16)(H6,9,10,11,12,14,15). The lowest BCUT2D eigenvalue weighted by atomic mass is 10.6. The van der Waals surface area contributed by atoms with E-state index in [1.54, 1.807) is 0 Å². The molecule has 0 unspecified atom stereocenters. The molecule has 0 aliphatic heterocycles. The average Bonchev–Trinajstić information content (AvgIpc) is 2.81. The molecule has 19 heavy (non-hydrogen) atoms. The minimum Gasteiger partial charge on any atom is -0.382 e. The molecule has 2 heterocycles. The summed E-state index contributed by atoms with van der Waals surface area (Å²) in [4.78, 5) is 10.7. The molecule has 2 aromatic rings. The summed E-state index contributed by atoms with van der Waals surface area (Å²) in [5.41, 5.74) is 15.9. The molecule has 0 atom stereocenters. The molecule has 0 spiro atoms. The number of aliphatic imine (C=N–C) groups is 1. The monoisotopic (exact) mass is 282 g/mol. The zero-order valence-electron chi connectivity index (χ0n) is 9.48. The Morgan fingerprint density at radius 1 is 1.37 bits per heavy atom. The van der Waals surface area contributed by atoms with Crippen LogP contribution in [0, 0.1) is 0 Å². The first-order chi connectivity index (χ1) is 8.91. The number of nitrogen functional groups attached to an aromatic ring is 1. The smallest absolute Gasteiger partial charge is 0.254 e. The van der Waals surface area contributed by atoms with Gasteiger partial charge in [-0.25, -0.2) is 13.4 Å². The molecule has 2 aromatic heterocycles. The summed E-state index contributed by atoms with van der Waals surface area (Å²) in [6.45, 7) is 0. The van der Waals surface area contributed by atoms with Gasteiger partial charge in [0.1, 0.15) is 10.7 Å². The van der Waals surface area contributed by atoms with Crippen molar-refractivity contribution in [2.45, 2.75) is 9.92 Å². The fourth-order valence-corrected chi connectivity index (χ4v) is 2.42. The fraction of sp³-hybridized carbons (Fsp3) is 0. The lowest BCUT2D eigenvalue weighted by Gasteiger charge is -2.04. The van der Waals surface area contributed by atoms with Gasteiger partial charge in [-0.3, -0.25) is 5.10 Å². The third-order valence-electron chi connectivity index (χ3n) is 2.05. The number of hydrogen-bond donors (Lipinski definition) is 4. The summed E-state index contributed by atoms with van der Waals surface area (Å²) in [5, 5.41) is 5.78. The third kappa shape index (κ3) is 2.44. The minimum atomic E-state index is -3.85. The molecule has 100 valence electrons. The van der Waals surface area contributed by atoms with Crippen molar-refractivity contribution in [1.29, 1.82) is 0 Å². The van der Waals surface area contributed by atoms with E-state index in [1.807, 2.05) is 0 Å². The Kier molecular flexibility index (Phi) is 3.04. The molecule has 7 N–H and O–H groups in total. The Hall–Kier alpha value is -2.69. The molecule has 0 radical (unpaired) electrons. The van der Waals surface area contributed by atoms with Gasteiger partial charge in [0.2, 0.25) is 9.84 Å². The number of rotatable bonds is 3. The highest BCUT2D eigenvalue weighted by Crippen LogP contribution is 2.23. The SMILES string of the molecule is NC(N)=Nc1ncc(S(=O)(=O)c2ccn[nH]2)c(N)n1. The third-order valence-corrected chi connectivity index (χ3v) is 3.75. The summed E-state index contributed by atoms with van der Waals surface area (Å²) in [5.74, 6) is -0.644. The number of H-pyrrole nitrogens is 1. The van der Waals surface area contributed by atoms with Crippen molar-refractivity contribution in [3.63, 3.8) is 0 Å². The number of nitrogens with one attached hydrogen (secondary N) is 1. The van der Waals surface area contributed by atoms with Gasteiger partial charge >= 0.3 is 0 Å². The van der Waals surface area contributed by atoms with Gasteiger partial charge in [0, 0.05) is 0 Å². The average molecular weight is 282 g/mol. The van der Waals surface area contributed by atoms with Crippen molar-refractivity contribution in [3.8, 4) is 0 Å². The van der Waals surface area contributed by atoms with Gasteiger partial charge < -0.3 is 17.2 Å². The molecule has 11 heteroatoms. The molecule has 0 aliphatic carbocycles. The second-order valence-corrected chi connectivity index (χ2v) is 5.27. The summed E-state index contributed by atoms with van der Waals surface area (Å²) in [6, 6.07) is 1.29. The first kappa shape index (κ1) is 12.8. The van der Waals surface area contributed by atoms with Gasteiger partial charge in [0.15, 0.2) is 11.0 Å². The molecular weight excluding hydrogens is 272 g/mol. The second kappa shape index (κ2) is 4.53. The van der Waals surface area contributed by atoms with E-state index in [0.717, 1.165) is 6.20 Å². The number of guanidine groups is 1. The predicted octanol–water partition coefficient (Wildman–Crippen LogP) is -1.48. The number of aromatic amines is 1.